The van der Waals surface area contributed by atoms with Gasteiger partial charge in [0.05, 0.1) is 0 Å². The molecular weight excluding hydrogens is 300 g/mol. The Kier molecular flexibility index (Phi) is 6.94. The normalized spacial score (nSPS) is 22.6. The Hall–Kier alpha value is -0.573. The van der Waals surface area contributed by atoms with Crippen molar-refractivity contribution in [3.05, 3.63) is 12.2 Å². The van der Waals surface area contributed by atoms with Gasteiger partial charge in [-0.25, -0.2) is 4.79 Å². The van der Waals surface area contributed by atoms with Crippen LogP contribution < -0.4 is 0 Å². The average Bonchev–Trinajstić information content (AvgIpc) is 2.60. The first-order valence-electron chi connectivity index (χ1n) is 9.91. The summed E-state index contributed by atoms with van der Waals surface area (Å²) in [7, 11) is -2.13. The Balaban J connectivity index is 2.37. The lowest BCUT2D eigenvalue weighted by atomic mass is 9.99. The first-order valence-corrected chi connectivity index (χ1v) is 12.0. The summed E-state index contributed by atoms with van der Waals surface area (Å²) in [6, 6.07) is 0. The van der Waals surface area contributed by atoms with Crippen LogP contribution in [0.25, 0.3) is 0 Å². The summed E-state index contributed by atoms with van der Waals surface area (Å²) in [5.41, 5.74) is 2.50. The van der Waals surface area contributed by atoms with Crippen LogP contribution in [0.2, 0.25) is 16.6 Å². The van der Waals surface area contributed by atoms with E-state index >= 15 is 0 Å². The number of carbonyl (C=O) groups excluding carboxylic acids is 1. The highest BCUT2D eigenvalue weighted by atomic mass is 28.4. The van der Waals surface area contributed by atoms with Crippen LogP contribution in [0.15, 0.2) is 12.2 Å². The largest absolute Gasteiger partial charge is 0.515 e. The quantitative estimate of drug-likeness (QED) is 0.407. The van der Waals surface area contributed by atoms with Gasteiger partial charge in [0.15, 0.2) is 0 Å². The summed E-state index contributed by atoms with van der Waals surface area (Å²) in [6.45, 7) is 10.3. The van der Waals surface area contributed by atoms with Gasteiger partial charge in [-0.3, -0.25) is 0 Å². The topological polar surface area (TPSA) is 26.3 Å². The van der Waals surface area contributed by atoms with Crippen LogP contribution in [-0.2, 0) is 9.22 Å². The molecule has 2 aliphatic carbocycles. The van der Waals surface area contributed by atoms with Crippen LogP contribution in [0.3, 0.4) is 0 Å². The van der Waals surface area contributed by atoms with E-state index in [1.165, 1.54) is 64.2 Å². The smallest absolute Gasteiger partial charge is 0.319 e. The van der Waals surface area contributed by atoms with Gasteiger partial charge in [0, 0.05) is 5.57 Å². The van der Waals surface area contributed by atoms with E-state index < -0.39 is 8.32 Å². The predicted molar refractivity (Wildman–Crippen MR) is 100 cm³/mol. The van der Waals surface area contributed by atoms with Gasteiger partial charge >= 0.3 is 5.97 Å². The molecule has 0 saturated heterocycles. The van der Waals surface area contributed by atoms with Crippen molar-refractivity contribution in [1.29, 1.82) is 0 Å². The van der Waals surface area contributed by atoms with Crippen molar-refractivity contribution in [2.24, 2.45) is 0 Å². The van der Waals surface area contributed by atoms with E-state index in [2.05, 4.69) is 20.4 Å². The van der Waals surface area contributed by atoms with E-state index in [1.54, 1.807) is 6.92 Å². The fourth-order valence-corrected chi connectivity index (χ4v) is 11.6. The zero-order valence-electron chi connectivity index (χ0n) is 15.5. The summed E-state index contributed by atoms with van der Waals surface area (Å²) in [5.74, 6) is -0.104. The third kappa shape index (κ3) is 4.10. The van der Waals surface area contributed by atoms with Crippen molar-refractivity contribution in [3.63, 3.8) is 0 Å². The first-order chi connectivity index (χ1) is 11.0. The molecule has 0 heterocycles. The molecule has 0 aromatic rings. The predicted octanol–water partition coefficient (Wildman–Crippen LogP) is 6.52. The molecular formula is C20H36O2Si. The molecule has 0 bridgehead atoms. The first kappa shape index (κ1) is 18.8. The SMILES string of the molecule is C=C(C)C(=O)O[Si](C(C)CC)(C1CCCCC1)C1CCCCC1. The summed E-state index contributed by atoms with van der Waals surface area (Å²) in [6.07, 6.45) is 14.3. The zero-order valence-corrected chi connectivity index (χ0v) is 16.5. The molecule has 2 rings (SSSR count). The van der Waals surface area contributed by atoms with Gasteiger partial charge in [0.25, 0.3) is 8.32 Å². The molecule has 0 N–H and O–H groups in total. The van der Waals surface area contributed by atoms with Crippen molar-refractivity contribution >= 4 is 14.3 Å². The van der Waals surface area contributed by atoms with Crippen LogP contribution in [0.4, 0.5) is 0 Å². The lowest BCUT2D eigenvalue weighted by Gasteiger charge is -2.49. The second-order valence-corrected chi connectivity index (χ2v) is 12.5. The van der Waals surface area contributed by atoms with Gasteiger partial charge in [-0.15, -0.1) is 0 Å². The third-order valence-corrected chi connectivity index (χ3v) is 12.7. The fourth-order valence-electron chi connectivity index (χ4n) is 5.08. The van der Waals surface area contributed by atoms with E-state index in [4.69, 9.17) is 4.43 Å². The zero-order chi connectivity index (χ0) is 16.9. The highest BCUT2D eigenvalue weighted by Crippen LogP contribution is 2.54. The maximum absolute atomic E-state index is 12.6. The maximum Gasteiger partial charge on any atom is 0.319 e. The molecule has 0 radical (unpaired) electrons. The summed E-state index contributed by atoms with van der Waals surface area (Å²) in [5, 5.41) is 0. The summed E-state index contributed by atoms with van der Waals surface area (Å²) in [4.78, 5) is 12.6. The van der Waals surface area contributed by atoms with Gasteiger partial charge in [-0.1, -0.05) is 65.4 Å². The molecule has 132 valence electrons. The Morgan fingerprint density at radius 2 is 1.48 bits per heavy atom. The highest BCUT2D eigenvalue weighted by molar-refractivity contribution is 6.79. The number of rotatable bonds is 6. The van der Waals surface area contributed by atoms with Gasteiger partial charge in [-0.2, -0.15) is 0 Å². The molecule has 0 amide bonds. The molecule has 2 fully saturated rings. The average molecular weight is 337 g/mol. The van der Waals surface area contributed by atoms with Crippen LogP contribution in [-0.4, -0.2) is 14.3 Å². The Bertz CT molecular complexity index is 388. The minimum atomic E-state index is -2.13. The van der Waals surface area contributed by atoms with E-state index in [-0.39, 0.29) is 5.97 Å². The Labute approximate surface area is 144 Å². The van der Waals surface area contributed by atoms with Crippen molar-refractivity contribution < 1.29 is 9.22 Å². The van der Waals surface area contributed by atoms with Gasteiger partial charge in [0.2, 0.25) is 0 Å². The Morgan fingerprint density at radius 3 is 1.83 bits per heavy atom. The number of hydrogen-bond donors (Lipinski definition) is 0. The van der Waals surface area contributed by atoms with Crippen LogP contribution in [0, 0.1) is 0 Å². The lowest BCUT2D eigenvalue weighted by molar-refractivity contribution is -0.131. The van der Waals surface area contributed by atoms with Gasteiger partial charge in [-0.05, 0) is 49.2 Å². The molecule has 0 aromatic carbocycles. The second-order valence-electron chi connectivity index (χ2n) is 8.00. The molecule has 2 aliphatic rings. The highest BCUT2D eigenvalue weighted by Gasteiger charge is 2.55. The molecule has 1 unspecified atom stereocenters. The summed E-state index contributed by atoms with van der Waals surface area (Å²) >= 11 is 0. The monoisotopic (exact) mass is 336 g/mol. The standard InChI is InChI=1S/C20H36O2Si/c1-5-17(4)23(22-20(21)16(2)3,18-12-8-6-9-13-18)19-14-10-7-11-15-19/h17-19H,2,5-15H2,1,3-4H3. The number of hydrogen-bond acceptors (Lipinski definition) is 2. The van der Waals surface area contributed by atoms with Gasteiger partial charge < -0.3 is 4.43 Å². The van der Waals surface area contributed by atoms with E-state index in [1.807, 2.05) is 0 Å². The van der Waals surface area contributed by atoms with Crippen molar-refractivity contribution in [3.8, 4) is 0 Å². The van der Waals surface area contributed by atoms with Crippen molar-refractivity contribution in [2.45, 2.75) is 108 Å². The lowest BCUT2D eigenvalue weighted by Crippen LogP contribution is -2.53. The molecule has 2 saturated carbocycles. The maximum atomic E-state index is 12.6. The summed E-state index contributed by atoms with van der Waals surface area (Å²) < 4.78 is 6.53. The van der Waals surface area contributed by atoms with Gasteiger partial charge in [0.1, 0.15) is 0 Å². The minimum absolute atomic E-state index is 0.104. The van der Waals surface area contributed by atoms with Crippen LogP contribution in [0.1, 0.15) is 91.4 Å². The molecule has 3 heteroatoms. The van der Waals surface area contributed by atoms with Crippen molar-refractivity contribution in [2.75, 3.05) is 0 Å². The minimum Gasteiger partial charge on any atom is -0.515 e. The Morgan fingerprint density at radius 1 is 1.04 bits per heavy atom. The molecule has 0 aliphatic heterocycles. The van der Waals surface area contributed by atoms with Crippen LogP contribution in [0.5, 0.6) is 0 Å². The third-order valence-electron chi connectivity index (χ3n) is 6.49. The molecule has 0 spiro atoms. The fraction of sp³-hybridized carbons (Fsp3) is 0.850. The second kappa shape index (κ2) is 8.50. The molecule has 1 atom stereocenters. The molecule has 23 heavy (non-hydrogen) atoms. The van der Waals surface area contributed by atoms with E-state index in [0.717, 1.165) is 6.42 Å². The molecule has 2 nitrogen and oxygen atoms in total. The van der Waals surface area contributed by atoms with E-state index in [9.17, 15) is 4.79 Å². The van der Waals surface area contributed by atoms with E-state index in [0.29, 0.717) is 22.2 Å². The van der Waals surface area contributed by atoms with Crippen molar-refractivity contribution in [1.82, 2.24) is 0 Å². The number of carbonyl (C=O) groups is 1. The van der Waals surface area contributed by atoms with Crippen LogP contribution >= 0.6 is 0 Å². The molecule has 0 aromatic heterocycles.